The van der Waals surface area contributed by atoms with E-state index in [4.69, 9.17) is 5.11 Å². The number of hydrogen-bond donors (Lipinski definition) is 2. The van der Waals surface area contributed by atoms with E-state index in [9.17, 15) is 22.8 Å². The van der Waals surface area contributed by atoms with E-state index in [0.29, 0.717) is 9.78 Å². The maximum Gasteiger partial charge on any atom is 0.416 e. The third-order valence-corrected chi connectivity index (χ3v) is 4.11. The van der Waals surface area contributed by atoms with Crippen molar-refractivity contribution in [2.45, 2.75) is 24.7 Å². The summed E-state index contributed by atoms with van der Waals surface area (Å²) < 4.78 is 36.9. The lowest BCUT2D eigenvalue weighted by atomic mass is 10.0. The van der Waals surface area contributed by atoms with Crippen molar-refractivity contribution >= 4 is 23.3 Å². The molecule has 2 heterocycles. The van der Waals surface area contributed by atoms with Crippen molar-refractivity contribution in [3.05, 3.63) is 22.4 Å². The van der Waals surface area contributed by atoms with E-state index in [1.54, 1.807) is 17.5 Å². The topological polar surface area (TPSA) is 69.6 Å². The maximum atomic E-state index is 12.3. The highest BCUT2D eigenvalue weighted by Crippen LogP contribution is 2.32. The molecule has 2 atom stereocenters. The number of β-amino-alcohol motifs (C(OH)–C–C–N with tert-alkyl or cyclic N) is 1. The van der Waals surface area contributed by atoms with Crippen LogP contribution < -0.4 is 5.32 Å². The summed E-state index contributed by atoms with van der Waals surface area (Å²) in [5.41, 5.74) is -1.39. The van der Waals surface area contributed by atoms with E-state index in [0.717, 1.165) is 0 Å². The maximum absolute atomic E-state index is 12.3. The van der Waals surface area contributed by atoms with Crippen LogP contribution >= 0.6 is 11.3 Å². The van der Waals surface area contributed by atoms with Crippen LogP contribution in [0.25, 0.3) is 0 Å². The molecule has 9 heteroatoms. The van der Waals surface area contributed by atoms with Gasteiger partial charge in [0.05, 0.1) is 6.54 Å². The van der Waals surface area contributed by atoms with Gasteiger partial charge in [-0.3, -0.25) is 9.69 Å². The van der Waals surface area contributed by atoms with Crippen molar-refractivity contribution in [1.82, 2.24) is 10.2 Å². The summed E-state index contributed by atoms with van der Waals surface area (Å²) in [6.07, 6.45) is -7.65. The molecule has 0 aliphatic carbocycles. The zero-order valence-corrected chi connectivity index (χ0v) is 11.1. The molecule has 0 bridgehead atoms. The van der Waals surface area contributed by atoms with Crippen LogP contribution in [0.2, 0.25) is 0 Å². The number of aliphatic hydroxyl groups is 1. The molecule has 20 heavy (non-hydrogen) atoms. The van der Waals surface area contributed by atoms with Crippen LogP contribution in [-0.2, 0) is 10.3 Å². The smallest absolute Gasteiger partial charge is 0.382 e. The van der Waals surface area contributed by atoms with E-state index in [2.05, 4.69) is 5.32 Å². The quantitative estimate of drug-likeness (QED) is 0.830. The van der Waals surface area contributed by atoms with Gasteiger partial charge in [-0.15, -0.1) is 11.3 Å². The van der Waals surface area contributed by atoms with Crippen molar-refractivity contribution < 1.29 is 27.9 Å². The van der Waals surface area contributed by atoms with Gasteiger partial charge in [-0.05, 0) is 18.4 Å². The molecule has 1 fully saturated rings. The molecule has 0 aromatic carbocycles. The predicted octanol–water partition coefficient (Wildman–Crippen LogP) is 1.44. The van der Waals surface area contributed by atoms with Crippen LogP contribution in [0, 0.1) is 0 Å². The fraction of sp³-hybridized carbons (Fsp3) is 0.455. The van der Waals surface area contributed by atoms with Crippen molar-refractivity contribution in [2.24, 2.45) is 0 Å². The van der Waals surface area contributed by atoms with Gasteiger partial charge in [0.15, 0.2) is 11.6 Å². The first-order valence-electron chi connectivity index (χ1n) is 5.59. The summed E-state index contributed by atoms with van der Waals surface area (Å²) in [6.45, 7) is 0.300. The van der Waals surface area contributed by atoms with Gasteiger partial charge in [0.2, 0.25) is 0 Å². The van der Waals surface area contributed by atoms with Crippen molar-refractivity contribution in [3.8, 4) is 0 Å². The van der Waals surface area contributed by atoms with E-state index < -0.39 is 36.3 Å². The van der Waals surface area contributed by atoms with Gasteiger partial charge in [-0.1, -0.05) is 6.07 Å². The van der Waals surface area contributed by atoms with E-state index in [-0.39, 0.29) is 0 Å². The number of alkyl halides is 3. The highest BCUT2D eigenvalue weighted by atomic mass is 32.1. The van der Waals surface area contributed by atoms with Gasteiger partial charge in [0.1, 0.15) is 0 Å². The lowest BCUT2D eigenvalue weighted by Gasteiger charge is -2.22. The number of carbonyl (C=O) groups excluding carboxylic acids is 2. The lowest BCUT2D eigenvalue weighted by Crippen LogP contribution is -2.45. The number of hydrogen-bond acceptors (Lipinski definition) is 4. The molecule has 2 rings (SSSR count). The fourth-order valence-corrected chi connectivity index (χ4v) is 2.70. The fourth-order valence-electron chi connectivity index (χ4n) is 1.87. The second-order valence-corrected chi connectivity index (χ2v) is 5.45. The summed E-state index contributed by atoms with van der Waals surface area (Å²) >= 11 is 1.20. The van der Waals surface area contributed by atoms with Crippen LogP contribution in [0.15, 0.2) is 17.5 Å². The molecule has 0 saturated carbocycles. The molecule has 1 aromatic heterocycles. The molecule has 1 aromatic rings. The highest BCUT2D eigenvalue weighted by molar-refractivity contribution is 7.10. The number of imide groups is 1. The van der Waals surface area contributed by atoms with E-state index in [1.807, 2.05) is 0 Å². The predicted molar refractivity (Wildman–Crippen MR) is 64.0 cm³/mol. The molecule has 0 unspecified atom stereocenters. The van der Waals surface area contributed by atoms with Gasteiger partial charge in [0, 0.05) is 4.88 Å². The number of amides is 3. The Bertz CT molecular complexity index is 532. The summed E-state index contributed by atoms with van der Waals surface area (Å²) in [5.74, 6) is -0.812. The second-order valence-electron chi connectivity index (χ2n) is 4.51. The Labute approximate surface area is 116 Å². The molecule has 0 radical (unpaired) electrons. The number of urea groups is 1. The van der Waals surface area contributed by atoms with Crippen molar-refractivity contribution in [3.63, 3.8) is 0 Å². The average Bonchev–Trinajstić information content (AvgIpc) is 2.92. The number of thiophene rings is 1. The van der Waals surface area contributed by atoms with Crippen LogP contribution in [0.5, 0.6) is 0 Å². The molecule has 5 nitrogen and oxygen atoms in total. The summed E-state index contributed by atoms with van der Waals surface area (Å²) in [4.78, 5) is 24.7. The molecule has 1 aliphatic rings. The Morgan fingerprint density at radius 3 is 2.65 bits per heavy atom. The number of nitrogens with one attached hydrogen (secondary N) is 1. The number of nitrogens with zero attached hydrogens (tertiary/aromatic N) is 1. The summed E-state index contributed by atoms with van der Waals surface area (Å²) in [5, 5.41) is 13.0. The number of halogens is 3. The van der Waals surface area contributed by atoms with E-state index in [1.165, 1.54) is 18.3 Å². The summed E-state index contributed by atoms with van der Waals surface area (Å²) in [6, 6.07) is 2.32. The number of carbonyl (C=O) groups is 2. The number of aliphatic hydroxyl groups excluding tert-OH is 1. The van der Waals surface area contributed by atoms with Gasteiger partial charge in [-0.2, -0.15) is 13.2 Å². The molecule has 3 amide bonds. The van der Waals surface area contributed by atoms with E-state index >= 15 is 0 Å². The van der Waals surface area contributed by atoms with Crippen LogP contribution in [0.4, 0.5) is 18.0 Å². The molecule has 2 N–H and O–H groups in total. The molecular formula is C11H11F3N2O3S. The van der Waals surface area contributed by atoms with Crippen LogP contribution in [0.3, 0.4) is 0 Å². The Kier molecular flexibility index (Phi) is 3.51. The minimum Gasteiger partial charge on any atom is -0.382 e. The van der Waals surface area contributed by atoms with Crippen LogP contribution in [-0.4, -0.2) is 40.8 Å². The highest BCUT2D eigenvalue weighted by Gasteiger charge is 2.52. The zero-order chi connectivity index (χ0) is 15.1. The first-order valence-corrected chi connectivity index (χ1v) is 6.47. The van der Waals surface area contributed by atoms with Gasteiger partial charge >= 0.3 is 12.2 Å². The van der Waals surface area contributed by atoms with Gasteiger partial charge in [-0.25, -0.2) is 4.79 Å². The largest absolute Gasteiger partial charge is 0.416 e. The van der Waals surface area contributed by atoms with Crippen LogP contribution in [0.1, 0.15) is 11.8 Å². The standard InChI is InChI=1S/C11H11F3N2O3S/c1-10(7-3-2-4-20-7)8(18)16(9(19)15-10)5-6(17)11(12,13)14/h2-4,6,17H,5H2,1H3,(H,15,19)/t6-,10-/m1/s1. The molecule has 1 aliphatic heterocycles. The Balaban J connectivity index is 2.22. The van der Waals surface area contributed by atoms with Gasteiger partial charge < -0.3 is 10.4 Å². The Morgan fingerprint density at radius 1 is 1.50 bits per heavy atom. The molecule has 1 saturated heterocycles. The monoisotopic (exact) mass is 308 g/mol. The van der Waals surface area contributed by atoms with Gasteiger partial charge in [0.25, 0.3) is 5.91 Å². The normalized spacial score (nSPS) is 24.9. The minimum absolute atomic E-state index is 0.387. The first kappa shape index (κ1) is 14.8. The van der Waals surface area contributed by atoms with Crippen molar-refractivity contribution in [1.29, 1.82) is 0 Å². The molecule has 110 valence electrons. The summed E-state index contributed by atoms with van der Waals surface area (Å²) in [7, 11) is 0. The number of rotatable bonds is 3. The Morgan fingerprint density at radius 2 is 2.15 bits per heavy atom. The third-order valence-electron chi connectivity index (χ3n) is 3.02. The minimum atomic E-state index is -4.89. The molecule has 0 spiro atoms. The van der Waals surface area contributed by atoms with Crippen molar-refractivity contribution in [2.75, 3.05) is 6.54 Å². The lowest BCUT2D eigenvalue weighted by molar-refractivity contribution is -0.206. The molecular weight excluding hydrogens is 297 g/mol. The third kappa shape index (κ3) is 2.38. The first-order chi connectivity index (χ1) is 9.16. The SMILES string of the molecule is C[C@]1(c2cccs2)NC(=O)N(C[C@@H](O)C(F)(F)F)C1=O. The zero-order valence-electron chi connectivity index (χ0n) is 10.3. The second kappa shape index (κ2) is 4.74. The Hall–Kier alpha value is -1.61. The average molecular weight is 308 g/mol.